The average Bonchev–Trinajstić information content (AvgIpc) is 2.91. The quantitative estimate of drug-likeness (QED) is 0.706. The first kappa shape index (κ1) is 18.0. The molecule has 3 nitrogen and oxygen atoms in total. The molecule has 1 N–H and O–H groups in total. The van der Waals surface area contributed by atoms with Crippen LogP contribution in [0.5, 0.6) is 0 Å². The number of hydrogen-bond acceptors (Lipinski definition) is 2. The standard InChI is InChI=1S/C25H21NO2/c1-19-14-15-23-22(17-19)25(28,16-8-13-20-9-4-2-5-10-20)24(27)26(23)18-21-11-6-3-7-12-21/h2-7,9-12,14-15,17,28H,16,18H2,1H3/t25-/m1/s1. The molecule has 0 aliphatic carbocycles. The van der Waals surface area contributed by atoms with E-state index >= 15 is 0 Å². The van der Waals surface area contributed by atoms with Crippen LogP contribution in [-0.4, -0.2) is 11.0 Å². The molecule has 1 atom stereocenters. The van der Waals surface area contributed by atoms with Crippen LogP contribution >= 0.6 is 0 Å². The molecular weight excluding hydrogens is 346 g/mol. The van der Waals surface area contributed by atoms with Crippen molar-refractivity contribution in [2.45, 2.75) is 25.5 Å². The van der Waals surface area contributed by atoms with Crippen LogP contribution < -0.4 is 4.90 Å². The number of aryl methyl sites for hydroxylation is 1. The Morgan fingerprint density at radius 1 is 0.964 bits per heavy atom. The van der Waals surface area contributed by atoms with E-state index in [1.54, 1.807) is 4.90 Å². The van der Waals surface area contributed by atoms with E-state index in [1.807, 2.05) is 85.8 Å². The molecule has 3 heteroatoms. The van der Waals surface area contributed by atoms with Crippen molar-refractivity contribution >= 4 is 11.6 Å². The number of carbonyl (C=O) groups is 1. The zero-order valence-corrected chi connectivity index (χ0v) is 15.7. The lowest BCUT2D eigenvalue weighted by atomic mass is 9.91. The summed E-state index contributed by atoms with van der Waals surface area (Å²) < 4.78 is 0. The van der Waals surface area contributed by atoms with Gasteiger partial charge in [-0.25, -0.2) is 0 Å². The Balaban J connectivity index is 1.68. The summed E-state index contributed by atoms with van der Waals surface area (Å²) in [5.41, 5.74) is 2.64. The van der Waals surface area contributed by atoms with E-state index in [1.165, 1.54) is 0 Å². The fourth-order valence-electron chi connectivity index (χ4n) is 3.55. The molecule has 0 spiro atoms. The van der Waals surface area contributed by atoms with Crippen LogP contribution in [0.2, 0.25) is 0 Å². The Bertz CT molecular complexity index is 1060. The summed E-state index contributed by atoms with van der Waals surface area (Å²) in [6.07, 6.45) is 0.0580. The van der Waals surface area contributed by atoms with Crippen molar-refractivity contribution in [3.8, 4) is 11.8 Å². The van der Waals surface area contributed by atoms with Crippen molar-refractivity contribution < 1.29 is 9.90 Å². The van der Waals surface area contributed by atoms with Crippen LogP contribution in [0.3, 0.4) is 0 Å². The second-order valence-electron chi connectivity index (χ2n) is 7.10. The fourth-order valence-corrected chi connectivity index (χ4v) is 3.55. The van der Waals surface area contributed by atoms with Crippen LogP contribution in [0, 0.1) is 18.8 Å². The molecule has 3 aromatic carbocycles. The molecule has 4 rings (SSSR count). The Morgan fingerprint density at radius 2 is 1.64 bits per heavy atom. The van der Waals surface area contributed by atoms with Crippen LogP contribution in [0.15, 0.2) is 78.9 Å². The number of hydrogen-bond donors (Lipinski definition) is 1. The predicted molar refractivity (Wildman–Crippen MR) is 111 cm³/mol. The van der Waals surface area contributed by atoms with Gasteiger partial charge in [0.05, 0.1) is 18.7 Å². The minimum absolute atomic E-state index is 0.0580. The lowest BCUT2D eigenvalue weighted by Gasteiger charge is -2.21. The Morgan fingerprint density at radius 3 is 2.36 bits per heavy atom. The maximum absolute atomic E-state index is 13.3. The number of rotatable bonds is 3. The number of amides is 1. The third-order valence-corrected chi connectivity index (χ3v) is 5.02. The highest BCUT2D eigenvalue weighted by Gasteiger charge is 2.49. The molecular formula is C25H21NO2. The summed E-state index contributed by atoms with van der Waals surface area (Å²) in [5, 5.41) is 11.4. The van der Waals surface area contributed by atoms with Crippen LogP contribution in [-0.2, 0) is 16.9 Å². The van der Waals surface area contributed by atoms with Crippen molar-refractivity contribution in [3.63, 3.8) is 0 Å². The van der Waals surface area contributed by atoms with E-state index in [0.29, 0.717) is 12.1 Å². The fraction of sp³-hybridized carbons (Fsp3) is 0.160. The van der Waals surface area contributed by atoms with Gasteiger partial charge in [0.25, 0.3) is 5.91 Å². The van der Waals surface area contributed by atoms with E-state index in [-0.39, 0.29) is 12.3 Å². The van der Waals surface area contributed by atoms with E-state index < -0.39 is 5.60 Å². The highest BCUT2D eigenvalue weighted by molar-refractivity contribution is 6.07. The first-order valence-electron chi connectivity index (χ1n) is 9.31. The summed E-state index contributed by atoms with van der Waals surface area (Å²) >= 11 is 0. The summed E-state index contributed by atoms with van der Waals surface area (Å²) in [7, 11) is 0. The lowest BCUT2D eigenvalue weighted by molar-refractivity contribution is -0.135. The number of fused-ring (bicyclic) bond motifs is 1. The normalized spacial score (nSPS) is 17.8. The molecule has 1 aliphatic heterocycles. The first-order valence-corrected chi connectivity index (χ1v) is 9.31. The van der Waals surface area contributed by atoms with Crippen molar-refractivity contribution in [1.82, 2.24) is 0 Å². The van der Waals surface area contributed by atoms with E-state index in [2.05, 4.69) is 11.8 Å². The average molecular weight is 367 g/mol. The molecule has 0 radical (unpaired) electrons. The number of aliphatic hydroxyl groups is 1. The molecule has 1 amide bonds. The summed E-state index contributed by atoms with van der Waals surface area (Å²) in [6.45, 7) is 2.38. The van der Waals surface area contributed by atoms with Gasteiger partial charge in [0.1, 0.15) is 0 Å². The van der Waals surface area contributed by atoms with Crippen molar-refractivity contribution in [3.05, 3.63) is 101 Å². The summed E-state index contributed by atoms with van der Waals surface area (Å²) in [4.78, 5) is 14.9. The molecule has 3 aromatic rings. The Hall–Kier alpha value is -3.35. The van der Waals surface area contributed by atoms with Gasteiger partial charge < -0.3 is 10.0 Å². The highest BCUT2D eigenvalue weighted by Crippen LogP contribution is 2.43. The molecule has 1 aliphatic rings. The maximum atomic E-state index is 13.3. The number of carbonyl (C=O) groups excluding carboxylic acids is 1. The zero-order chi connectivity index (χ0) is 19.6. The second kappa shape index (κ2) is 7.34. The van der Waals surface area contributed by atoms with Gasteiger partial charge in [-0.15, -0.1) is 0 Å². The van der Waals surface area contributed by atoms with Crippen molar-refractivity contribution in [1.29, 1.82) is 0 Å². The van der Waals surface area contributed by atoms with Gasteiger partial charge in [-0.05, 0) is 30.7 Å². The molecule has 28 heavy (non-hydrogen) atoms. The maximum Gasteiger partial charge on any atom is 0.265 e. The topological polar surface area (TPSA) is 40.5 Å². The largest absolute Gasteiger partial charge is 0.374 e. The van der Waals surface area contributed by atoms with Gasteiger partial charge >= 0.3 is 0 Å². The van der Waals surface area contributed by atoms with E-state index in [0.717, 1.165) is 22.4 Å². The minimum Gasteiger partial charge on any atom is -0.374 e. The highest BCUT2D eigenvalue weighted by atomic mass is 16.3. The molecule has 0 fully saturated rings. The Kier molecular flexibility index (Phi) is 4.73. The third-order valence-electron chi connectivity index (χ3n) is 5.02. The molecule has 0 bridgehead atoms. The van der Waals surface area contributed by atoms with Crippen molar-refractivity contribution in [2.24, 2.45) is 0 Å². The molecule has 0 unspecified atom stereocenters. The third kappa shape index (κ3) is 3.31. The number of nitrogens with zero attached hydrogens (tertiary/aromatic N) is 1. The number of benzene rings is 3. The minimum atomic E-state index is -1.63. The zero-order valence-electron chi connectivity index (χ0n) is 15.7. The van der Waals surface area contributed by atoms with Gasteiger partial charge in [0, 0.05) is 11.1 Å². The molecule has 1 heterocycles. The van der Waals surface area contributed by atoms with Crippen LogP contribution in [0.4, 0.5) is 5.69 Å². The van der Waals surface area contributed by atoms with E-state index in [4.69, 9.17) is 0 Å². The molecule has 0 aromatic heterocycles. The van der Waals surface area contributed by atoms with Crippen molar-refractivity contribution in [2.75, 3.05) is 4.90 Å². The smallest absolute Gasteiger partial charge is 0.265 e. The SMILES string of the molecule is Cc1ccc2c(c1)[C@](O)(CC#Cc1ccccc1)C(=O)N2Cc1ccccc1. The first-order chi connectivity index (χ1) is 13.6. The molecule has 0 saturated carbocycles. The monoisotopic (exact) mass is 367 g/mol. The van der Waals surface area contributed by atoms with Gasteiger partial charge in [0.15, 0.2) is 5.60 Å². The van der Waals surface area contributed by atoms with Gasteiger partial charge in [0.2, 0.25) is 0 Å². The number of anilines is 1. The lowest BCUT2D eigenvalue weighted by Crippen LogP contribution is -2.39. The molecule has 138 valence electrons. The predicted octanol–water partition coefficient (Wildman–Crippen LogP) is 4.17. The van der Waals surface area contributed by atoms with Gasteiger partial charge in [-0.1, -0.05) is 78.1 Å². The molecule has 0 saturated heterocycles. The second-order valence-corrected chi connectivity index (χ2v) is 7.10. The van der Waals surface area contributed by atoms with Gasteiger partial charge in [-0.2, -0.15) is 0 Å². The Labute approximate surface area is 165 Å². The van der Waals surface area contributed by atoms with Crippen LogP contribution in [0.25, 0.3) is 0 Å². The van der Waals surface area contributed by atoms with Crippen LogP contribution in [0.1, 0.15) is 28.7 Å². The van der Waals surface area contributed by atoms with E-state index in [9.17, 15) is 9.90 Å². The summed E-state index contributed by atoms with van der Waals surface area (Å²) in [5.74, 6) is 5.74. The van der Waals surface area contributed by atoms with Gasteiger partial charge in [-0.3, -0.25) is 4.79 Å². The summed E-state index contributed by atoms with van der Waals surface area (Å²) in [6, 6.07) is 25.2.